The average molecular weight is 288 g/mol. The molecule has 0 unspecified atom stereocenters. The number of nitrogens with zero attached hydrogens (tertiary/aromatic N) is 2. The van der Waals surface area contributed by atoms with E-state index in [-0.39, 0.29) is 0 Å². The zero-order chi connectivity index (χ0) is 15.4. The van der Waals surface area contributed by atoms with Gasteiger partial charge in [0, 0.05) is 11.1 Å². The van der Waals surface area contributed by atoms with Crippen LogP contribution in [0.2, 0.25) is 0 Å². The molecule has 1 heterocycles. The first-order valence-corrected chi connectivity index (χ1v) is 7.84. The van der Waals surface area contributed by atoms with E-state index in [9.17, 15) is 0 Å². The summed E-state index contributed by atoms with van der Waals surface area (Å²) in [5.74, 6) is 0. The van der Waals surface area contributed by atoms with E-state index >= 15 is 0 Å². The maximum absolute atomic E-state index is 4.99. The van der Waals surface area contributed by atoms with Gasteiger partial charge in [-0.25, -0.2) is 4.98 Å². The summed E-state index contributed by atoms with van der Waals surface area (Å²) in [5, 5.41) is 0. The summed E-state index contributed by atoms with van der Waals surface area (Å²) in [4.78, 5) is 9.89. The summed E-state index contributed by atoms with van der Waals surface area (Å²) in [6, 6.07) is 20.7. The van der Waals surface area contributed by atoms with Gasteiger partial charge in [0.05, 0.1) is 22.8 Å². The molecule has 0 radical (unpaired) electrons. The lowest BCUT2D eigenvalue weighted by atomic mass is 10.0. The molecule has 2 aromatic carbocycles. The summed E-state index contributed by atoms with van der Waals surface area (Å²) in [7, 11) is 0. The van der Waals surface area contributed by atoms with Crippen molar-refractivity contribution in [2.45, 2.75) is 26.7 Å². The monoisotopic (exact) mass is 288 g/mol. The third kappa shape index (κ3) is 2.77. The molecular weight excluding hydrogens is 268 g/mol. The number of rotatable bonds is 4. The van der Waals surface area contributed by atoms with Crippen LogP contribution < -0.4 is 0 Å². The van der Waals surface area contributed by atoms with Crippen molar-refractivity contribution >= 4 is 0 Å². The van der Waals surface area contributed by atoms with Crippen molar-refractivity contribution in [2.24, 2.45) is 0 Å². The lowest BCUT2D eigenvalue weighted by molar-refractivity contribution is 0.931. The van der Waals surface area contributed by atoms with Crippen LogP contribution in [0.3, 0.4) is 0 Å². The Morgan fingerprint density at radius 2 is 1.00 bits per heavy atom. The highest BCUT2D eigenvalue weighted by molar-refractivity contribution is 5.69. The molecule has 1 aromatic heterocycles. The molecule has 2 heteroatoms. The van der Waals surface area contributed by atoms with Crippen molar-refractivity contribution in [2.75, 3.05) is 0 Å². The molecule has 22 heavy (non-hydrogen) atoms. The van der Waals surface area contributed by atoms with Gasteiger partial charge in [0.25, 0.3) is 0 Å². The molecule has 0 N–H and O–H groups in total. The number of aromatic nitrogens is 2. The highest BCUT2D eigenvalue weighted by Gasteiger charge is 2.14. The minimum absolute atomic E-state index is 0.888. The van der Waals surface area contributed by atoms with E-state index in [1.54, 1.807) is 0 Å². The Hall–Kier alpha value is -2.48. The van der Waals surface area contributed by atoms with Crippen LogP contribution in [0.25, 0.3) is 22.5 Å². The Morgan fingerprint density at radius 1 is 0.591 bits per heavy atom. The molecule has 0 bridgehead atoms. The van der Waals surface area contributed by atoms with Gasteiger partial charge in [-0.1, -0.05) is 74.5 Å². The molecule has 0 fully saturated rings. The van der Waals surface area contributed by atoms with Gasteiger partial charge in [-0.3, -0.25) is 4.98 Å². The maximum atomic E-state index is 4.99. The zero-order valence-electron chi connectivity index (χ0n) is 13.1. The van der Waals surface area contributed by atoms with Crippen LogP contribution >= 0.6 is 0 Å². The van der Waals surface area contributed by atoms with E-state index in [2.05, 4.69) is 38.1 Å². The second kappa shape index (κ2) is 6.52. The van der Waals surface area contributed by atoms with E-state index in [0.29, 0.717) is 0 Å². The minimum Gasteiger partial charge on any atom is -0.253 e. The van der Waals surface area contributed by atoms with Crippen LogP contribution in [0, 0.1) is 0 Å². The molecule has 0 saturated heterocycles. The molecule has 0 aliphatic carbocycles. The topological polar surface area (TPSA) is 25.8 Å². The van der Waals surface area contributed by atoms with Gasteiger partial charge in [-0.2, -0.15) is 0 Å². The molecule has 0 aliphatic heterocycles. The summed E-state index contributed by atoms with van der Waals surface area (Å²) in [5.41, 5.74) is 6.40. The third-order valence-corrected chi connectivity index (χ3v) is 3.80. The number of benzene rings is 2. The first-order valence-electron chi connectivity index (χ1n) is 7.84. The van der Waals surface area contributed by atoms with Crippen molar-refractivity contribution in [1.82, 2.24) is 9.97 Å². The standard InChI is InChI=1S/C20H20N2/c1-3-17-19(15-11-7-5-8-12-15)22-20(18(4-2)21-17)16-13-9-6-10-14-16/h5-14H,3-4H2,1-2H3. The highest BCUT2D eigenvalue weighted by atomic mass is 14.8. The van der Waals surface area contributed by atoms with Crippen LogP contribution in [0.1, 0.15) is 25.2 Å². The highest BCUT2D eigenvalue weighted by Crippen LogP contribution is 2.27. The third-order valence-electron chi connectivity index (χ3n) is 3.80. The van der Waals surface area contributed by atoms with Gasteiger partial charge in [0.1, 0.15) is 0 Å². The quantitative estimate of drug-likeness (QED) is 0.680. The smallest absolute Gasteiger partial charge is 0.0924 e. The predicted octanol–water partition coefficient (Wildman–Crippen LogP) is 4.94. The van der Waals surface area contributed by atoms with Gasteiger partial charge >= 0.3 is 0 Å². The Labute approximate surface area is 131 Å². The van der Waals surface area contributed by atoms with Gasteiger partial charge in [-0.05, 0) is 12.8 Å². The van der Waals surface area contributed by atoms with E-state index < -0.39 is 0 Å². The lowest BCUT2D eigenvalue weighted by Gasteiger charge is -2.13. The molecule has 0 aliphatic rings. The van der Waals surface area contributed by atoms with E-state index in [0.717, 1.165) is 46.7 Å². The molecule has 0 atom stereocenters. The average Bonchev–Trinajstić information content (AvgIpc) is 2.62. The van der Waals surface area contributed by atoms with Crippen LogP contribution in [0.4, 0.5) is 0 Å². The Morgan fingerprint density at radius 3 is 1.36 bits per heavy atom. The van der Waals surface area contributed by atoms with Crippen LogP contribution in [0.15, 0.2) is 60.7 Å². The second-order valence-electron chi connectivity index (χ2n) is 5.25. The van der Waals surface area contributed by atoms with Gasteiger partial charge in [0.15, 0.2) is 0 Å². The fraction of sp³-hybridized carbons (Fsp3) is 0.200. The molecule has 0 spiro atoms. The van der Waals surface area contributed by atoms with E-state index in [1.807, 2.05) is 36.4 Å². The first kappa shape index (κ1) is 14.5. The number of hydrogen-bond acceptors (Lipinski definition) is 2. The fourth-order valence-corrected chi connectivity index (χ4v) is 2.66. The second-order valence-corrected chi connectivity index (χ2v) is 5.25. The number of aryl methyl sites for hydroxylation is 2. The lowest BCUT2D eigenvalue weighted by Crippen LogP contribution is -2.04. The molecule has 3 rings (SSSR count). The molecular formula is C20H20N2. The van der Waals surface area contributed by atoms with Crippen molar-refractivity contribution in [3.05, 3.63) is 72.1 Å². The van der Waals surface area contributed by atoms with Crippen LogP contribution in [-0.2, 0) is 12.8 Å². The largest absolute Gasteiger partial charge is 0.253 e. The SMILES string of the molecule is CCc1nc(CC)c(-c2ccccc2)nc1-c1ccccc1. The van der Waals surface area contributed by atoms with E-state index in [1.165, 1.54) is 0 Å². The van der Waals surface area contributed by atoms with Gasteiger partial charge in [-0.15, -0.1) is 0 Å². The molecule has 0 amide bonds. The number of hydrogen-bond donors (Lipinski definition) is 0. The molecule has 0 saturated carbocycles. The van der Waals surface area contributed by atoms with Gasteiger partial charge < -0.3 is 0 Å². The van der Waals surface area contributed by atoms with Crippen molar-refractivity contribution in [3.63, 3.8) is 0 Å². The summed E-state index contributed by atoms with van der Waals surface area (Å²) < 4.78 is 0. The molecule has 2 nitrogen and oxygen atoms in total. The van der Waals surface area contributed by atoms with E-state index in [4.69, 9.17) is 9.97 Å². The minimum atomic E-state index is 0.888. The summed E-state index contributed by atoms with van der Waals surface area (Å²) >= 11 is 0. The van der Waals surface area contributed by atoms with Crippen LogP contribution in [0.5, 0.6) is 0 Å². The maximum Gasteiger partial charge on any atom is 0.0924 e. The first-order chi connectivity index (χ1) is 10.8. The summed E-state index contributed by atoms with van der Waals surface area (Å²) in [6.45, 7) is 4.27. The Bertz CT molecular complexity index is 687. The van der Waals surface area contributed by atoms with Crippen molar-refractivity contribution in [3.8, 4) is 22.5 Å². The Balaban J connectivity index is 2.22. The fourth-order valence-electron chi connectivity index (χ4n) is 2.66. The van der Waals surface area contributed by atoms with Crippen molar-refractivity contribution < 1.29 is 0 Å². The Kier molecular flexibility index (Phi) is 4.29. The normalized spacial score (nSPS) is 10.6. The molecule has 3 aromatic rings. The zero-order valence-corrected chi connectivity index (χ0v) is 13.1. The van der Waals surface area contributed by atoms with Crippen LogP contribution in [-0.4, -0.2) is 9.97 Å². The molecule has 110 valence electrons. The summed E-state index contributed by atoms with van der Waals surface area (Å²) in [6.07, 6.45) is 1.78. The van der Waals surface area contributed by atoms with Crippen molar-refractivity contribution in [1.29, 1.82) is 0 Å². The predicted molar refractivity (Wildman–Crippen MR) is 91.7 cm³/mol. The van der Waals surface area contributed by atoms with Gasteiger partial charge in [0.2, 0.25) is 0 Å².